The Balaban J connectivity index is 2.52. The fourth-order valence-electron chi connectivity index (χ4n) is 0.754. The Bertz CT molecular complexity index is 335. The van der Waals surface area contributed by atoms with E-state index in [0.717, 1.165) is 0 Å². The number of halogens is 1. The standard InChI is InChI=1S/C9H9FN2O2/c1-14-9(13)12-11-6-7-2-4-8(10)5-3-7/h2-6H,1H3,(H,12,13). The maximum atomic E-state index is 12.5. The average molecular weight is 196 g/mol. The Labute approximate surface area is 80.4 Å². The van der Waals surface area contributed by atoms with Gasteiger partial charge in [-0.3, -0.25) is 0 Å². The van der Waals surface area contributed by atoms with Crippen molar-refractivity contribution in [3.63, 3.8) is 0 Å². The van der Waals surface area contributed by atoms with Crippen LogP contribution >= 0.6 is 0 Å². The first kappa shape index (κ1) is 10.2. The van der Waals surface area contributed by atoms with E-state index >= 15 is 0 Å². The lowest BCUT2D eigenvalue weighted by atomic mass is 10.2. The second kappa shape index (κ2) is 4.96. The van der Waals surface area contributed by atoms with Crippen molar-refractivity contribution in [2.24, 2.45) is 5.10 Å². The molecule has 14 heavy (non-hydrogen) atoms. The highest BCUT2D eigenvalue weighted by molar-refractivity contribution is 5.80. The molecule has 1 aromatic carbocycles. The number of amides is 1. The first-order chi connectivity index (χ1) is 6.72. The third kappa shape index (κ3) is 3.22. The molecule has 1 aromatic rings. The first-order valence-corrected chi connectivity index (χ1v) is 3.85. The number of benzene rings is 1. The van der Waals surface area contributed by atoms with Crippen LogP contribution in [0.2, 0.25) is 0 Å². The van der Waals surface area contributed by atoms with Gasteiger partial charge >= 0.3 is 6.09 Å². The zero-order chi connectivity index (χ0) is 10.4. The van der Waals surface area contributed by atoms with E-state index in [9.17, 15) is 9.18 Å². The van der Waals surface area contributed by atoms with Crippen LogP contribution in [0.1, 0.15) is 5.56 Å². The van der Waals surface area contributed by atoms with Crippen LogP contribution in [0.4, 0.5) is 9.18 Å². The molecule has 5 heteroatoms. The minimum atomic E-state index is -0.650. The minimum Gasteiger partial charge on any atom is -0.452 e. The molecule has 0 heterocycles. The smallest absolute Gasteiger partial charge is 0.427 e. The van der Waals surface area contributed by atoms with Crippen LogP contribution < -0.4 is 5.43 Å². The summed E-state index contributed by atoms with van der Waals surface area (Å²) in [5, 5.41) is 3.57. The van der Waals surface area contributed by atoms with E-state index in [0.29, 0.717) is 5.56 Å². The van der Waals surface area contributed by atoms with Crippen molar-refractivity contribution in [2.75, 3.05) is 7.11 Å². The van der Waals surface area contributed by atoms with E-state index in [2.05, 4.69) is 15.3 Å². The van der Waals surface area contributed by atoms with Gasteiger partial charge in [0.25, 0.3) is 0 Å². The number of ether oxygens (including phenoxy) is 1. The van der Waals surface area contributed by atoms with Crippen LogP contribution in [-0.4, -0.2) is 19.4 Å². The number of carbonyl (C=O) groups excluding carboxylic acids is 1. The lowest BCUT2D eigenvalue weighted by molar-refractivity contribution is 0.171. The van der Waals surface area contributed by atoms with Crippen LogP contribution in [0, 0.1) is 5.82 Å². The summed E-state index contributed by atoms with van der Waals surface area (Å²) in [6.07, 6.45) is 0.736. The molecule has 0 saturated carbocycles. The van der Waals surface area contributed by atoms with Crippen molar-refractivity contribution >= 4 is 12.3 Å². The van der Waals surface area contributed by atoms with E-state index in [4.69, 9.17) is 0 Å². The summed E-state index contributed by atoms with van der Waals surface area (Å²) < 4.78 is 16.7. The highest BCUT2D eigenvalue weighted by atomic mass is 19.1. The summed E-state index contributed by atoms with van der Waals surface area (Å²) in [7, 11) is 1.24. The van der Waals surface area contributed by atoms with Crippen molar-refractivity contribution in [1.82, 2.24) is 5.43 Å². The number of nitrogens with zero attached hydrogens (tertiary/aromatic N) is 1. The van der Waals surface area contributed by atoms with E-state index in [-0.39, 0.29) is 5.82 Å². The molecule has 4 nitrogen and oxygen atoms in total. The Hall–Kier alpha value is -1.91. The van der Waals surface area contributed by atoms with E-state index in [1.54, 1.807) is 0 Å². The van der Waals surface area contributed by atoms with Crippen molar-refractivity contribution in [3.05, 3.63) is 35.6 Å². The summed E-state index contributed by atoms with van der Waals surface area (Å²) in [4.78, 5) is 10.5. The quantitative estimate of drug-likeness (QED) is 0.575. The molecule has 0 spiro atoms. The third-order valence-corrected chi connectivity index (χ3v) is 1.42. The molecule has 0 unspecified atom stereocenters. The highest BCUT2D eigenvalue weighted by Crippen LogP contribution is 1.99. The summed E-state index contributed by atoms with van der Waals surface area (Å²) in [6.45, 7) is 0. The van der Waals surface area contributed by atoms with Gasteiger partial charge in [0.1, 0.15) is 5.82 Å². The van der Waals surface area contributed by atoms with Gasteiger partial charge in [0.2, 0.25) is 0 Å². The van der Waals surface area contributed by atoms with Gasteiger partial charge in [0.15, 0.2) is 0 Å². The van der Waals surface area contributed by atoms with Gasteiger partial charge < -0.3 is 4.74 Å². The fourth-order valence-corrected chi connectivity index (χ4v) is 0.754. The summed E-state index contributed by atoms with van der Waals surface area (Å²) in [5.74, 6) is -0.317. The second-order valence-corrected chi connectivity index (χ2v) is 2.41. The molecular weight excluding hydrogens is 187 g/mol. The Kier molecular flexibility index (Phi) is 3.60. The van der Waals surface area contributed by atoms with Crippen LogP contribution in [0.5, 0.6) is 0 Å². The molecular formula is C9H9FN2O2. The van der Waals surface area contributed by atoms with E-state index in [1.165, 1.54) is 37.6 Å². The number of rotatable bonds is 2. The average Bonchev–Trinajstić information content (AvgIpc) is 2.21. The van der Waals surface area contributed by atoms with E-state index in [1.807, 2.05) is 0 Å². The monoisotopic (exact) mass is 196 g/mol. The molecule has 1 amide bonds. The number of hydrogen-bond acceptors (Lipinski definition) is 3. The zero-order valence-corrected chi connectivity index (χ0v) is 7.53. The maximum Gasteiger partial charge on any atom is 0.427 e. The molecule has 0 saturated heterocycles. The lowest BCUT2D eigenvalue weighted by Gasteiger charge is -1.95. The van der Waals surface area contributed by atoms with Crippen molar-refractivity contribution in [3.8, 4) is 0 Å². The van der Waals surface area contributed by atoms with Crippen LogP contribution in [-0.2, 0) is 4.74 Å². The van der Waals surface area contributed by atoms with Gasteiger partial charge in [0, 0.05) is 0 Å². The third-order valence-electron chi connectivity index (χ3n) is 1.42. The number of hydrogen-bond donors (Lipinski definition) is 1. The van der Waals surface area contributed by atoms with Crippen LogP contribution in [0.25, 0.3) is 0 Å². The maximum absolute atomic E-state index is 12.5. The zero-order valence-electron chi connectivity index (χ0n) is 7.53. The molecule has 0 bridgehead atoms. The van der Waals surface area contributed by atoms with Gasteiger partial charge in [-0.05, 0) is 17.7 Å². The summed E-state index contributed by atoms with van der Waals surface area (Å²) in [5.41, 5.74) is 2.79. The molecule has 0 aliphatic carbocycles. The summed E-state index contributed by atoms with van der Waals surface area (Å²) >= 11 is 0. The molecule has 0 fully saturated rings. The SMILES string of the molecule is COC(=O)NN=Cc1ccc(F)cc1. The molecule has 0 aliphatic rings. The predicted octanol–water partition coefficient (Wildman–Crippen LogP) is 1.52. The molecule has 0 aliphatic heterocycles. The normalized spacial score (nSPS) is 10.1. The predicted molar refractivity (Wildman–Crippen MR) is 49.5 cm³/mol. The van der Waals surface area contributed by atoms with Gasteiger partial charge in [0.05, 0.1) is 13.3 Å². The Morgan fingerprint density at radius 2 is 2.14 bits per heavy atom. The van der Waals surface area contributed by atoms with Gasteiger partial charge in [-0.1, -0.05) is 12.1 Å². The number of carbonyl (C=O) groups is 1. The Morgan fingerprint density at radius 3 is 2.71 bits per heavy atom. The van der Waals surface area contributed by atoms with Crippen molar-refractivity contribution in [1.29, 1.82) is 0 Å². The van der Waals surface area contributed by atoms with E-state index < -0.39 is 6.09 Å². The molecule has 0 aromatic heterocycles. The number of hydrazone groups is 1. The lowest BCUT2D eigenvalue weighted by Crippen LogP contribution is -2.16. The number of methoxy groups -OCH3 is 1. The van der Waals surface area contributed by atoms with Gasteiger partial charge in [-0.15, -0.1) is 0 Å². The fraction of sp³-hybridized carbons (Fsp3) is 0.111. The topological polar surface area (TPSA) is 50.7 Å². The highest BCUT2D eigenvalue weighted by Gasteiger charge is 1.93. The number of nitrogens with one attached hydrogen (secondary N) is 1. The largest absolute Gasteiger partial charge is 0.452 e. The van der Waals surface area contributed by atoms with Crippen molar-refractivity contribution < 1.29 is 13.9 Å². The van der Waals surface area contributed by atoms with Crippen LogP contribution in [0.3, 0.4) is 0 Å². The first-order valence-electron chi connectivity index (χ1n) is 3.85. The molecule has 1 rings (SSSR count). The second-order valence-electron chi connectivity index (χ2n) is 2.41. The summed E-state index contributed by atoms with van der Waals surface area (Å²) in [6, 6.07) is 5.69. The molecule has 0 radical (unpaired) electrons. The molecule has 0 atom stereocenters. The van der Waals surface area contributed by atoms with Gasteiger partial charge in [-0.2, -0.15) is 5.10 Å². The van der Waals surface area contributed by atoms with Crippen molar-refractivity contribution in [2.45, 2.75) is 0 Å². The molecule has 74 valence electrons. The van der Waals surface area contributed by atoms with Gasteiger partial charge in [-0.25, -0.2) is 14.6 Å². The minimum absolute atomic E-state index is 0.317. The Morgan fingerprint density at radius 1 is 1.50 bits per heavy atom. The molecule has 1 N–H and O–H groups in total. The van der Waals surface area contributed by atoms with Crippen LogP contribution in [0.15, 0.2) is 29.4 Å².